The number of piperidine rings is 1. The van der Waals surface area contributed by atoms with Crippen molar-refractivity contribution in [2.45, 2.75) is 31.6 Å². The van der Waals surface area contributed by atoms with Crippen molar-refractivity contribution in [2.75, 3.05) is 19.6 Å². The third-order valence-corrected chi connectivity index (χ3v) is 6.83. The Morgan fingerprint density at radius 1 is 1.06 bits per heavy atom. The van der Waals surface area contributed by atoms with Crippen LogP contribution in [0.5, 0.6) is 0 Å². The van der Waals surface area contributed by atoms with Crippen LogP contribution in [0, 0.1) is 11.3 Å². The number of primary amides is 1. The number of aryl methyl sites for hydroxylation is 1. The second kappa shape index (κ2) is 8.52. The number of rotatable bonds is 6. The average molecular weight is 426 g/mol. The number of nitrogens with zero attached hydrogens (tertiary/aromatic N) is 2. The van der Waals surface area contributed by atoms with Crippen LogP contribution < -0.4 is 5.73 Å². The number of fused-ring (bicyclic) bond motifs is 2. The lowest BCUT2D eigenvalue weighted by atomic mass is 9.88. The summed E-state index contributed by atoms with van der Waals surface area (Å²) >= 11 is 0. The largest absolute Gasteiger partial charge is 0.366 e. The molecule has 6 nitrogen and oxygen atoms in total. The van der Waals surface area contributed by atoms with Crippen LogP contribution in [0.3, 0.4) is 0 Å². The number of H-pyrrole nitrogens is 2. The molecule has 32 heavy (non-hydrogen) atoms. The number of hydrogen-bond donors (Lipinski definition) is 3. The molecule has 1 aliphatic rings. The van der Waals surface area contributed by atoms with Crippen LogP contribution in [-0.4, -0.2) is 40.4 Å². The Hall–Kier alpha value is -3.56. The topological polar surface area (TPSA) is 102 Å². The summed E-state index contributed by atoms with van der Waals surface area (Å²) in [6.45, 7) is 3.26. The highest BCUT2D eigenvalue weighted by Gasteiger charge is 2.23. The van der Waals surface area contributed by atoms with E-state index in [1.807, 2.05) is 12.1 Å². The van der Waals surface area contributed by atoms with Gasteiger partial charge in [0, 0.05) is 39.8 Å². The van der Waals surface area contributed by atoms with Gasteiger partial charge in [0.1, 0.15) is 6.07 Å². The predicted octanol–water partition coefficient (Wildman–Crippen LogP) is 4.43. The van der Waals surface area contributed by atoms with Gasteiger partial charge in [0.05, 0.1) is 5.56 Å². The number of carbonyl (C=O) groups is 1. The highest BCUT2D eigenvalue weighted by Crippen LogP contribution is 2.33. The van der Waals surface area contributed by atoms with Crippen LogP contribution >= 0.6 is 0 Å². The second-order valence-electron chi connectivity index (χ2n) is 8.78. The Kier molecular flexibility index (Phi) is 5.42. The van der Waals surface area contributed by atoms with E-state index in [0.717, 1.165) is 67.1 Å². The maximum Gasteiger partial charge on any atom is 0.248 e. The molecule has 0 atom stereocenters. The number of amides is 1. The highest BCUT2D eigenvalue weighted by molar-refractivity contribution is 5.98. The molecule has 0 bridgehead atoms. The molecule has 1 fully saturated rings. The first-order chi connectivity index (χ1) is 15.6. The smallest absolute Gasteiger partial charge is 0.248 e. The van der Waals surface area contributed by atoms with E-state index in [1.165, 1.54) is 11.1 Å². The minimum Gasteiger partial charge on any atom is -0.366 e. The number of aromatic amines is 2. The van der Waals surface area contributed by atoms with E-state index < -0.39 is 0 Å². The van der Waals surface area contributed by atoms with Crippen LogP contribution in [0.4, 0.5) is 0 Å². The van der Waals surface area contributed by atoms with Crippen molar-refractivity contribution in [3.8, 4) is 6.07 Å². The predicted molar refractivity (Wildman–Crippen MR) is 127 cm³/mol. The zero-order valence-corrected chi connectivity index (χ0v) is 18.0. The van der Waals surface area contributed by atoms with Gasteiger partial charge in [0.2, 0.25) is 5.91 Å². The molecular formula is C26H27N5O. The van der Waals surface area contributed by atoms with E-state index >= 15 is 0 Å². The first kappa shape index (κ1) is 20.3. The Morgan fingerprint density at radius 3 is 2.59 bits per heavy atom. The number of aromatic nitrogens is 2. The van der Waals surface area contributed by atoms with Crippen molar-refractivity contribution in [3.63, 3.8) is 0 Å². The SMILES string of the molecule is N#Cc1c[nH]c2ccc(CCCN3CCC(c4c[nH]c5ccc(C(N)=O)cc45)CC3)cc12. The molecule has 0 spiro atoms. The third kappa shape index (κ3) is 3.88. The number of nitriles is 1. The van der Waals surface area contributed by atoms with E-state index in [1.54, 1.807) is 12.3 Å². The standard InChI is InChI=1S/C26H27N5O/c27-14-20-15-29-24-5-3-17(12-21(20)24)2-1-9-31-10-7-18(8-11-31)23-16-30-25-6-4-19(26(28)32)13-22(23)25/h3-6,12-13,15-16,18,29-30H,1-2,7-11H2,(H2,28,32). The number of hydrogen-bond acceptors (Lipinski definition) is 3. The van der Waals surface area contributed by atoms with Gasteiger partial charge in [-0.2, -0.15) is 5.26 Å². The van der Waals surface area contributed by atoms with Gasteiger partial charge in [-0.05, 0) is 92.7 Å². The van der Waals surface area contributed by atoms with Crippen LogP contribution in [0.1, 0.15) is 52.2 Å². The first-order valence-corrected chi connectivity index (χ1v) is 11.3. The van der Waals surface area contributed by atoms with Crippen molar-refractivity contribution in [3.05, 3.63) is 71.0 Å². The molecule has 0 radical (unpaired) electrons. The Morgan fingerprint density at radius 2 is 1.81 bits per heavy atom. The quantitative estimate of drug-likeness (QED) is 0.426. The summed E-state index contributed by atoms with van der Waals surface area (Å²) in [6.07, 6.45) is 8.24. The van der Waals surface area contributed by atoms with Crippen molar-refractivity contribution in [1.82, 2.24) is 14.9 Å². The summed E-state index contributed by atoms with van der Waals surface area (Å²) in [6, 6.07) is 14.3. The summed E-state index contributed by atoms with van der Waals surface area (Å²) in [7, 11) is 0. The molecular weight excluding hydrogens is 398 g/mol. The maximum atomic E-state index is 11.6. The Labute approximate surface area is 187 Å². The summed E-state index contributed by atoms with van der Waals surface area (Å²) in [4.78, 5) is 20.6. The Bertz CT molecular complexity index is 1320. The lowest BCUT2D eigenvalue weighted by Crippen LogP contribution is -2.33. The van der Waals surface area contributed by atoms with Crippen LogP contribution in [-0.2, 0) is 6.42 Å². The molecule has 1 amide bonds. The van der Waals surface area contributed by atoms with E-state index in [-0.39, 0.29) is 5.91 Å². The number of benzene rings is 2. The number of carbonyl (C=O) groups excluding carboxylic acids is 1. The number of nitrogens with one attached hydrogen (secondary N) is 2. The molecule has 6 heteroatoms. The van der Waals surface area contributed by atoms with Crippen LogP contribution in [0.15, 0.2) is 48.8 Å². The fourth-order valence-electron chi connectivity index (χ4n) is 5.02. The Balaban J connectivity index is 1.17. The van der Waals surface area contributed by atoms with Crippen molar-refractivity contribution in [2.24, 2.45) is 5.73 Å². The molecule has 0 saturated carbocycles. The van der Waals surface area contributed by atoms with Gasteiger partial charge in [-0.15, -0.1) is 0 Å². The maximum absolute atomic E-state index is 11.6. The summed E-state index contributed by atoms with van der Waals surface area (Å²) in [5, 5.41) is 11.4. The summed E-state index contributed by atoms with van der Waals surface area (Å²) in [5.74, 6) is 0.122. The molecule has 0 aliphatic carbocycles. The van der Waals surface area contributed by atoms with Crippen LogP contribution in [0.25, 0.3) is 21.8 Å². The second-order valence-corrected chi connectivity index (χ2v) is 8.78. The van der Waals surface area contributed by atoms with Gasteiger partial charge in [-0.3, -0.25) is 4.79 Å². The molecule has 4 aromatic rings. The molecule has 0 unspecified atom stereocenters. The van der Waals surface area contributed by atoms with E-state index in [9.17, 15) is 10.1 Å². The van der Waals surface area contributed by atoms with Gasteiger partial charge in [0.25, 0.3) is 0 Å². The molecule has 162 valence electrons. The molecule has 3 heterocycles. The van der Waals surface area contributed by atoms with Gasteiger partial charge in [-0.25, -0.2) is 0 Å². The molecule has 4 N–H and O–H groups in total. The molecule has 2 aromatic carbocycles. The monoisotopic (exact) mass is 425 g/mol. The fraction of sp³-hybridized carbons (Fsp3) is 0.308. The van der Waals surface area contributed by atoms with Gasteiger partial charge in [-0.1, -0.05) is 6.07 Å². The first-order valence-electron chi connectivity index (χ1n) is 11.3. The van der Waals surface area contributed by atoms with Gasteiger partial charge < -0.3 is 20.6 Å². The van der Waals surface area contributed by atoms with E-state index in [0.29, 0.717) is 17.0 Å². The minimum atomic E-state index is -0.381. The normalized spacial score (nSPS) is 15.3. The lowest BCUT2D eigenvalue weighted by molar-refractivity contribution is 0.100. The van der Waals surface area contributed by atoms with E-state index in [4.69, 9.17) is 5.73 Å². The zero-order chi connectivity index (χ0) is 22.1. The molecule has 1 saturated heterocycles. The number of likely N-dealkylation sites (tertiary alicyclic amines) is 1. The van der Waals surface area contributed by atoms with E-state index in [2.05, 4.69) is 45.3 Å². The van der Waals surface area contributed by atoms with Crippen molar-refractivity contribution in [1.29, 1.82) is 5.26 Å². The zero-order valence-electron chi connectivity index (χ0n) is 18.0. The van der Waals surface area contributed by atoms with Gasteiger partial charge >= 0.3 is 0 Å². The summed E-state index contributed by atoms with van der Waals surface area (Å²) in [5.41, 5.74) is 11.4. The fourth-order valence-corrected chi connectivity index (χ4v) is 5.02. The number of nitrogens with two attached hydrogens (primary N) is 1. The minimum absolute atomic E-state index is 0.381. The average Bonchev–Trinajstić information content (AvgIpc) is 3.42. The van der Waals surface area contributed by atoms with Crippen molar-refractivity contribution >= 4 is 27.7 Å². The summed E-state index contributed by atoms with van der Waals surface area (Å²) < 4.78 is 0. The third-order valence-electron chi connectivity index (χ3n) is 6.83. The molecule has 5 rings (SSSR count). The van der Waals surface area contributed by atoms with Gasteiger partial charge in [0.15, 0.2) is 0 Å². The molecule has 2 aromatic heterocycles. The molecule has 1 aliphatic heterocycles. The lowest BCUT2D eigenvalue weighted by Gasteiger charge is -2.32. The van der Waals surface area contributed by atoms with Crippen molar-refractivity contribution < 1.29 is 4.79 Å². The van der Waals surface area contributed by atoms with Crippen LogP contribution in [0.2, 0.25) is 0 Å². The highest BCUT2D eigenvalue weighted by atomic mass is 16.1.